The van der Waals surface area contributed by atoms with E-state index in [2.05, 4.69) is 18.8 Å². The van der Waals surface area contributed by atoms with E-state index in [1.807, 2.05) is 24.3 Å². The molecular weight excluding hydrogens is 354 g/mol. The number of carbonyl (C=O) groups excluding carboxylic acids is 2. The number of hydrogen-bond acceptors (Lipinski definition) is 4. The van der Waals surface area contributed by atoms with Gasteiger partial charge in [0, 0.05) is 5.69 Å². The Balaban J connectivity index is 1.82. The molecule has 5 nitrogen and oxygen atoms in total. The first-order valence-electron chi connectivity index (χ1n) is 9.52. The van der Waals surface area contributed by atoms with Crippen LogP contribution in [0.1, 0.15) is 42.1 Å². The van der Waals surface area contributed by atoms with Crippen LogP contribution in [-0.2, 0) is 16.0 Å². The van der Waals surface area contributed by atoms with E-state index in [1.165, 1.54) is 0 Å². The Labute approximate surface area is 166 Å². The summed E-state index contributed by atoms with van der Waals surface area (Å²) in [5.74, 6) is 0.0400. The molecule has 0 saturated carbocycles. The number of benzene rings is 2. The second kappa shape index (κ2) is 11.6. The van der Waals surface area contributed by atoms with Crippen molar-refractivity contribution < 1.29 is 19.1 Å². The molecule has 0 heterocycles. The van der Waals surface area contributed by atoms with Crippen molar-refractivity contribution in [2.45, 2.75) is 32.6 Å². The maximum absolute atomic E-state index is 12.1. The number of nitrogens with one attached hydrogen (secondary N) is 1. The standard InChI is InChI=1S/C23H27NO4/c1-3-5-8-16-27-23(26)19-12-14-20(15-13-19)24-22(25)17-28-21-11-7-6-10-18(21)9-4-2/h4,6-7,10-15H,2-3,5,8-9,16-17H2,1H3,(H,24,25). The van der Waals surface area contributed by atoms with Gasteiger partial charge in [0.2, 0.25) is 0 Å². The van der Waals surface area contributed by atoms with Crippen molar-refractivity contribution in [3.05, 3.63) is 72.3 Å². The van der Waals surface area contributed by atoms with Crippen LogP contribution in [0.4, 0.5) is 5.69 Å². The summed E-state index contributed by atoms with van der Waals surface area (Å²) in [5.41, 5.74) is 2.03. The van der Waals surface area contributed by atoms with Crippen LogP contribution in [0.25, 0.3) is 0 Å². The number of esters is 1. The highest BCUT2D eigenvalue weighted by molar-refractivity contribution is 5.93. The van der Waals surface area contributed by atoms with Crippen molar-refractivity contribution in [1.29, 1.82) is 0 Å². The smallest absolute Gasteiger partial charge is 0.338 e. The molecule has 2 aromatic carbocycles. The first-order chi connectivity index (χ1) is 13.6. The summed E-state index contributed by atoms with van der Waals surface area (Å²) in [6.45, 7) is 6.15. The lowest BCUT2D eigenvalue weighted by atomic mass is 10.1. The predicted octanol–water partition coefficient (Wildman–Crippen LogP) is 4.78. The SMILES string of the molecule is C=CCc1ccccc1OCC(=O)Nc1ccc(C(=O)OCCCCC)cc1. The summed E-state index contributed by atoms with van der Waals surface area (Å²) in [5, 5.41) is 2.75. The van der Waals surface area contributed by atoms with Gasteiger partial charge in [-0.15, -0.1) is 6.58 Å². The lowest BCUT2D eigenvalue weighted by Crippen LogP contribution is -2.20. The van der Waals surface area contributed by atoms with Crippen molar-refractivity contribution in [2.75, 3.05) is 18.5 Å². The zero-order chi connectivity index (χ0) is 20.2. The summed E-state index contributed by atoms with van der Waals surface area (Å²) < 4.78 is 10.8. The minimum absolute atomic E-state index is 0.102. The summed E-state index contributed by atoms with van der Waals surface area (Å²) in [7, 11) is 0. The molecule has 0 radical (unpaired) electrons. The van der Waals surface area contributed by atoms with Gasteiger partial charge in [0.15, 0.2) is 6.61 Å². The minimum atomic E-state index is -0.351. The Kier molecular flexibility index (Phi) is 8.79. The van der Waals surface area contributed by atoms with Crippen LogP contribution in [-0.4, -0.2) is 25.1 Å². The molecule has 28 heavy (non-hydrogen) atoms. The van der Waals surface area contributed by atoms with Crippen LogP contribution >= 0.6 is 0 Å². The second-order valence-corrected chi connectivity index (χ2v) is 6.36. The van der Waals surface area contributed by atoms with Gasteiger partial charge in [-0.1, -0.05) is 44.0 Å². The minimum Gasteiger partial charge on any atom is -0.483 e. The molecule has 0 atom stereocenters. The third-order valence-electron chi connectivity index (χ3n) is 4.08. The molecule has 2 aromatic rings. The number of carbonyl (C=O) groups is 2. The molecule has 1 amide bonds. The van der Waals surface area contributed by atoms with E-state index >= 15 is 0 Å². The third kappa shape index (κ3) is 6.91. The Hall–Kier alpha value is -3.08. The van der Waals surface area contributed by atoms with Crippen LogP contribution in [0, 0.1) is 0 Å². The van der Waals surface area contributed by atoms with Gasteiger partial charge in [-0.3, -0.25) is 4.79 Å². The number of para-hydroxylation sites is 1. The number of hydrogen-bond donors (Lipinski definition) is 1. The molecule has 0 spiro atoms. The average Bonchev–Trinajstić information content (AvgIpc) is 2.71. The number of unbranched alkanes of at least 4 members (excludes halogenated alkanes) is 2. The van der Waals surface area contributed by atoms with E-state index in [-0.39, 0.29) is 18.5 Å². The Morgan fingerprint density at radius 2 is 1.82 bits per heavy atom. The van der Waals surface area contributed by atoms with Crippen LogP contribution in [0.5, 0.6) is 5.75 Å². The zero-order valence-corrected chi connectivity index (χ0v) is 16.3. The molecule has 0 unspecified atom stereocenters. The quantitative estimate of drug-likeness (QED) is 0.346. The fourth-order valence-electron chi connectivity index (χ4n) is 2.60. The van der Waals surface area contributed by atoms with E-state index in [9.17, 15) is 9.59 Å². The van der Waals surface area contributed by atoms with E-state index in [0.29, 0.717) is 30.0 Å². The monoisotopic (exact) mass is 381 g/mol. The maximum Gasteiger partial charge on any atom is 0.338 e. The Bertz CT molecular complexity index is 783. The molecular formula is C23H27NO4. The maximum atomic E-state index is 12.1. The molecule has 0 bridgehead atoms. The van der Waals surface area contributed by atoms with Gasteiger partial charge in [-0.05, 0) is 48.7 Å². The van der Waals surface area contributed by atoms with Gasteiger partial charge >= 0.3 is 5.97 Å². The van der Waals surface area contributed by atoms with Crippen molar-refractivity contribution in [3.8, 4) is 5.75 Å². The van der Waals surface area contributed by atoms with Crippen LogP contribution < -0.4 is 10.1 Å². The first kappa shape index (κ1) is 21.2. The molecule has 0 aliphatic heterocycles. The van der Waals surface area contributed by atoms with Gasteiger partial charge in [0.1, 0.15) is 5.75 Å². The Morgan fingerprint density at radius 1 is 1.07 bits per heavy atom. The topological polar surface area (TPSA) is 64.6 Å². The van der Waals surface area contributed by atoms with Crippen molar-refractivity contribution >= 4 is 17.6 Å². The van der Waals surface area contributed by atoms with E-state index < -0.39 is 0 Å². The Morgan fingerprint density at radius 3 is 2.54 bits per heavy atom. The second-order valence-electron chi connectivity index (χ2n) is 6.36. The molecule has 0 aliphatic rings. The van der Waals surface area contributed by atoms with Crippen LogP contribution in [0.3, 0.4) is 0 Å². The highest BCUT2D eigenvalue weighted by Gasteiger charge is 2.09. The molecule has 0 aliphatic carbocycles. The third-order valence-corrected chi connectivity index (χ3v) is 4.08. The van der Waals surface area contributed by atoms with Crippen molar-refractivity contribution in [1.82, 2.24) is 0 Å². The van der Waals surface area contributed by atoms with E-state index in [4.69, 9.17) is 9.47 Å². The molecule has 0 saturated heterocycles. The summed E-state index contributed by atoms with van der Waals surface area (Å²) in [6.07, 6.45) is 5.45. The van der Waals surface area contributed by atoms with Crippen molar-refractivity contribution in [2.24, 2.45) is 0 Å². The van der Waals surface area contributed by atoms with Gasteiger partial charge in [-0.2, -0.15) is 0 Å². The highest BCUT2D eigenvalue weighted by Crippen LogP contribution is 2.19. The zero-order valence-electron chi connectivity index (χ0n) is 16.3. The average molecular weight is 381 g/mol. The molecule has 5 heteroatoms. The lowest BCUT2D eigenvalue weighted by Gasteiger charge is -2.11. The fourth-order valence-corrected chi connectivity index (χ4v) is 2.60. The van der Waals surface area contributed by atoms with Crippen LogP contribution in [0.15, 0.2) is 61.2 Å². The molecule has 1 N–H and O–H groups in total. The summed E-state index contributed by atoms with van der Waals surface area (Å²) >= 11 is 0. The van der Waals surface area contributed by atoms with Crippen LogP contribution in [0.2, 0.25) is 0 Å². The fraction of sp³-hybridized carbons (Fsp3) is 0.304. The van der Waals surface area contributed by atoms with Gasteiger partial charge in [0.25, 0.3) is 5.91 Å². The van der Waals surface area contributed by atoms with Gasteiger partial charge in [-0.25, -0.2) is 4.79 Å². The normalized spacial score (nSPS) is 10.2. The molecule has 0 aromatic heterocycles. The number of amides is 1. The number of ether oxygens (including phenoxy) is 2. The van der Waals surface area contributed by atoms with E-state index in [1.54, 1.807) is 30.3 Å². The molecule has 148 valence electrons. The predicted molar refractivity (Wildman–Crippen MR) is 111 cm³/mol. The number of anilines is 1. The first-order valence-corrected chi connectivity index (χ1v) is 9.52. The lowest BCUT2D eigenvalue weighted by molar-refractivity contribution is -0.118. The summed E-state index contributed by atoms with van der Waals surface area (Å²) in [4.78, 5) is 24.1. The largest absolute Gasteiger partial charge is 0.483 e. The van der Waals surface area contributed by atoms with E-state index in [0.717, 1.165) is 24.8 Å². The van der Waals surface area contributed by atoms with Crippen molar-refractivity contribution in [3.63, 3.8) is 0 Å². The number of allylic oxidation sites excluding steroid dienone is 1. The number of rotatable bonds is 11. The molecule has 2 rings (SSSR count). The van der Waals surface area contributed by atoms with Gasteiger partial charge < -0.3 is 14.8 Å². The van der Waals surface area contributed by atoms with Gasteiger partial charge in [0.05, 0.1) is 12.2 Å². The highest BCUT2D eigenvalue weighted by atomic mass is 16.5. The molecule has 0 fully saturated rings. The summed E-state index contributed by atoms with van der Waals surface area (Å²) in [6, 6.07) is 14.2.